The maximum Gasteiger partial charge on any atom is 0.249 e. The first-order chi connectivity index (χ1) is 12.1. The molecule has 2 heterocycles. The second-order valence-electron chi connectivity index (χ2n) is 5.92. The predicted octanol–water partition coefficient (Wildman–Crippen LogP) is 2.39. The van der Waals surface area contributed by atoms with E-state index < -0.39 is 0 Å². The number of benzene rings is 1. The fraction of sp³-hybridized carbons (Fsp3) is 0.471. The molecule has 0 unspecified atom stereocenters. The van der Waals surface area contributed by atoms with Gasteiger partial charge in [0, 0.05) is 20.1 Å². The van der Waals surface area contributed by atoms with E-state index in [9.17, 15) is 9.18 Å². The monoisotopic (exact) mass is 349 g/mol. The lowest BCUT2D eigenvalue weighted by Crippen LogP contribution is -2.35. The molecule has 2 aromatic rings. The second kappa shape index (κ2) is 8.06. The fourth-order valence-corrected chi connectivity index (χ4v) is 2.78. The third-order valence-electron chi connectivity index (χ3n) is 4.03. The molecule has 1 amide bonds. The zero-order valence-corrected chi connectivity index (χ0v) is 13.9. The van der Waals surface area contributed by atoms with Crippen molar-refractivity contribution in [2.75, 3.05) is 13.2 Å². The third kappa shape index (κ3) is 4.76. The fourth-order valence-electron chi connectivity index (χ4n) is 2.78. The van der Waals surface area contributed by atoms with E-state index in [2.05, 4.69) is 15.5 Å². The first-order valence-corrected chi connectivity index (χ1v) is 8.17. The second-order valence-corrected chi connectivity index (χ2v) is 5.92. The number of amides is 1. The zero-order chi connectivity index (χ0) is 17.6. The maximum atomic E-state index is 12.9. The average molecular weight is 349 g/mol. The van der Waals surface area contributed by atoms with Crippen LogP contribution < -0.4 is 10.1 Å². The van der Waals surface area contributed by atoms with Crippen LogP contribution in [0.15, 0.2) is 28.8 Å². The van der Waals surface area contributed by atoms with Crippen LogP contribution in [-0.4, -0.2) is 29.3 Å². The summed E-state index contributed by atoms with van der Waals surface area (Å²) in [5.41, 5.74) is 0. The Kier molecular flexibility index (Phi) is 5.60. The Morgan fingerprint density at radius 3 is 2.76 bits per heavy atom. The predicted molar refractivity (Wildman–Crippen MR) is 85.1 cm³/mol. The lowest BCUT2D eigenvalue weighted by molar-refractivity contribution is -0.120. The van der Waals surface area contributed by atoms with Gasteiger partial charge in [0.2, 0.25) is 17.6 Å². The van der Waals surface area contributed by atoms with Crippen molar-refractivity contribution in [1.29, 1.82) is 0 Å². The highest BCUT2D eigenvalue weighted by Gasteiger charge is 2.30. The molecule has 134 valence electrons. The number of nitrogens with one attached hydrogen (secondary N) is 1. The van der Waals surface area contributed by atoms with Gasteiger partial charge in [-0.2, -0.15) is 4.98 Å². The number of carbonyl (C=O) groups is 1. The molecule has 0 saturated carbocycles. The van der Waals surface area contributed by atoms with Crippen LogP contribution in [0.1, 0.15) is 37.5 Å². The lowest BCUT2D eigenvalue weighted by atomic mass is 9.91. The molecule has 3 rings (SSSR count). The van der Waals surface area contributed by atoms with E-state index in [1.807, 2.05) is 0 Å². The number of nitrogens with zero attached hydrogens (tertiary/aromatic N) is 2. The summed E-state index contributed by atoms with van der Waals surface area (Å²) in [4.78, 5) is 15.9. The highest BCUT2D eigenvalue weighted by molar-refractivity contribution is 5.73. The molecule has 1 saturated heterocycles. The molecular weight excluding hydrogens is 329 g/mol. The number of rotatable bonds is 6. The van der Waals surface area contributed by atoms with Crippen molar-refractivity contribution in [3.05, 3.63) is 41.8 Å². The molecule has 1 atom stereocenters. The Morgan fingerprint density at radius 2 is 2.08 bits per heavy atom. The zero-order valence-electron chi connectivity index (χ0n) is 13.9. The van der Waals surface area contributed by atoms with Gasteiger partial charge in [-0.1, -0.05) is 5.16 Å². The van der Waals surface area contributed by atoms with Crippen molar-refractivity contribution in [2.45, 2.75) is 32.4 Å². The number of halogens is 1. The number of ether oxygens (including phenoxy) is 2. The smallest absolute Gasteiger partial charge is 0.249 e. The van der Waals surface area contributed by atoms with Crippen LogP contribution in [0.5, 0.6) is 5.75 Å². The molecule has 8 heteroatoms. The standard InChI is InChI=1S/C17H20FN3O4/c1-11(22)19-16(12-6-8-23-9-7-12)17-20-15(21-25-17)10-24-14-4-2-13(18)3-5-14/h2-5,12,16H,6-10H2,1H3,(H,19,22)/t16-/m0/s1. The Hall–Kier alpha value is -2.48. The minimum Gasteiger partial charge on any atom is -0.485 e. The molecule has 1 aliphatic rings. The van der Waals surface area contributed by atoms with Crippen LogP contribution in [0.2, 0.25) is 0 Å². The highest BCUT2D eigenvalue weighted by atomic mass is 19.1. The van der Waals surface area contributed by atoms with Gasteiger partial charge in [0.05, 0.1) is 0 Å². The van der Waals surface area contributed by atoms with Crippen LogP contribution in [0.3, 0.4) is 0 Å². The van der Waals surface area contributed by atoms with Crippen LogP contribution in [0.25, 0.3) is 0 Å². The summed E-state index contributed by atoms with van der Waals surface area (Å²) in [5.74, 6) is 0.934. The molecule has 0 aliphatic carbocycles. The minimum absolute atomic E-state index is 0.0930. The molecule has 1 N–H and O–H groups in total. The van der Waals surface area contributed by atoms with Gasteiger partial charge in [-0.15, -0.1) is 0 Å². The minimum atomic E-state index is -0.339. The first-order valence-electron chi connectivity index (χ1n) is 8.17. The van der Waals surface area contributed by atoms with Crippen LogP contribution >= 0.6 is 0 Å². The molecule has 1 aromatic heterocycles. The topological polar surface area (TPSA) is 86.5 Å². The van der Waals surface area contributed by atoms with E-state index in [-0.39, 0.29) is 30.3 Å². The molecule has 0 bridgehead atoms. The van der Waals surface area contributed by atoms with Gasteiger partial charge >= 0.3 is 0 Å². The van der Waals surface area contributed by atoms with E-state index in [0.29, 0.717) is 30.7 Å². The van der Waals surface area contributed by atoms with Gasteiger partial charge in [-0.3, -0.25) is 4.79 Å². The molecular formula is C17H20FN3O4. The maximum absolute atomic E-state index is 12.9. The van der Waals surface area contributed by atoms with Crippen LogP contribution in [0.4, 0.5) is 4.39 Å². The lowest BCUT2D eigenvalue weighted by Gasteiger charge is -2.28. The third-order valence-corrected chi connectivity index (χ3v) is 4.03. The summed E-state index contributed by atoms with van der Waals surface area (Å²) >= 11 is 0. The van der Waals surface area contributed by atoms with Gasteiger partial charge < -0.3 is 19.3 Å². The molecule has 1 fully saturated rings. The number of hydrogen-bond acceptors (Lipinski definition) is 6. The molecule has 25 heavy (non-hydrogen) atoms. The van der Waals surface area contributed by atoms with Gasteiger partial charge in [-0.05, 0) is 43.0 Å². The molecule has 1 aromatic carbocycles. The SMILES string of the molecule is CC(=O)N[C@H](c1nc(COc2ccc(F)cc2)no1)C1CCOCC1. The van der Waals surface area contributed by atoms with Crippen molar-refractivity contribution >= 4 is 5.91 Å². The Bertz CT molecular complexity index is 698. The van der Waals surface area contributed by atoms with Crippen molar-refractivity contribution < 1.29 is 23.2 Å². The van der Waals surface area contributed by atoms with Gasteiger partial charge in [0.15, 0.2) is 6.61 Å². The summed E-state index contributed by atoms with van der Waals surface area (Å²) in [6.07, 6.45) is 1.63. The number of hydrogen-bond donors (Lipinski definition) is 1. The molecule has 7 nitrogen and oxygen atoms in total. The number of carbonyl (C=O) groups excluding carboxylic acids is 1. The highest BCUT2D eigenvalue weighted by Crippen LogP contribution is 2.29. The Balaban J connectivity index is 1.66. The summed E-state index contributed by atoms with van der Waals surface area (Å²) in [6, 6.07) is 5.34. The molecule has 0 radical (unpaired) electrons. The van der Waals surface area contributed by atoms with Gasteiger partial charge in [0.1, 0.15) is 17.6 Å². The first kappa shape index (κ1) is 17.3. The normalized spacial score (nSPS) is 16.4. The van der Waals surface area contributed by atoms with Crippen LogP contribution in [0, 0.1) is 11.7 Å². The largest absolute Gasteiger partial charge is 0.485 e. The van der Waals surface area contributed by atoms with Crippen molar-refractivity contribution in [3.63, 3.8) is 0 Å². The van der Waals surface area contributed by atoms with E-state index in [4.69, 9.17) is 14.0 Å². The quantitative estimate of drug-likeness (QED) is 0.862. The summed E-state index contributed by atoms with van der Waals surface area (Å²) in [7, 11) is 0. The van der Waals surface area contributed by atoms with E-state index in [0.717, 1.165) is 12.8 Å². The number of aromatic nitrogens is 2. The molecule has 0 spiro atoms. The summed E-state index contributed by atoms with van der Waals surface area (Å²) < 4.78 is 29.1. The van der Waals surface area contributed by atoms with E-state index >= 15 is 0 Å². The van der Waals surface area contributed by atoms with Gasteiger partial charge in [0.25, 0.3) is 0 Å². The van der Waals surface area contributed by atoms with E-state index in [1.165, 1.54) is 31.2 Å². The Labute approximate surface area is 144 Å². The Morgan fingerprint density at radius 1 is 1.36 bits per heavy atom. The van der Waals surface area contributed by atoms with Gasteiger partial charge in [-0.25, -0.2) is 4.39 Å². The van der Waals surface area contributed by atoms with Crippen molar-refractivity contribution in [2.24, 2.45) is 5.92 Å². The summed E-state index contributed by atoms with van der Waals surface area (Å²) in [5, 5.41) is 6.79. The van der Waals surface area contributed by atoms with Crippen molar-refractivity contribution in [1.82, 2.24) is 15.5 Å². The summed E-state index contributed by atoms with van der Waals surface area (Å²) in [6.45, 7) is 2.85. The van der Waals surface area contributed by atoms with Crippen LogP contribution in [-0.2, 0) is 16.1 Å². The molecule has 1 aliphatic heterocycles. The van der Waals surface area contributed by atoms with E-state index in [1.54, 1.807) is 0 Å². The van der Waals surface area contributed by atoms with Crippen molar-refractivity contribution in [3.8, 4) is 5.75 Å². The average Bonchev–Trinajstić information content (AvgIpc) is 3.08.